The summed E-state index contributed by atoms with van der Waals surface area (Å²) in [4.78, 5) is 28.1. The average Bonchev–Trinajstić information content (AvgIpc) is 2.47. The molecule has 4 nitrogen and oxygen atoms in total. The molecular formula is C15H20N2O2. The first-order chi connectivity index (χ1) is 9.28. The number of aldehydes is 1. The summed E-state index contributed by atoms with van der Waals surface area (Å²) in [6, 6.07) is 2.15. The molecule has 2 aliphatic rings. The van der Waals surface area contributed by atoms with Gasteiger partial charge in [0.1, 0.15) is 12.1 Å². The van der Waals surface area contributed by atoms with Crippen LogP contribution in [0.1, 0.15) is 36.8 Å². The number of nitrogens with zero attached hydrogens (tertiary/aromatic N) is 1. The maximum atomic E-state index is 12.1. The third-order valence-electron chi connectivity index (χ3n) is 4.41. The van der Waals surface area contributed by atoms with Crippen molar-refractivity contribution in [2.75, 3.05) is 18.0 Å². The molecule has 1 fully saturated rings. The average molecular weight is 260 g/mol. The number of piperidine rings is 1. The Hall–Kier alpha value is -1.58. The van der Waals surface area contributed by atoms with E-state index in [4.69, 9.17) is 0 Å². The zero-order chi connectivity index (χ0) is 13.2. The molecule has 0 aromatic carbocycles. The van der Waals surface area contributed by atoms with Gasteiger partial charge in [-0.3, -0.25) is 4.79 Å². The molecular weight excluding hydrogens is 240 g/mol. The molecule has 0 unspecified atom stereocenters. The van der Waals surface area contributed by atoms with Gasteiger partial charge in [-0.1, -0.05) is 0 Å². The number of carbonyl (C=O) groups excluding carboxylic acids is 1. The Morgan fingerprint density at radius 3 is 2.68 bits per heavy atom. The van der Waals surface area contributed by atoms with E-state index in [9.17, 15) is 9.59 Å². The van der Waals surface area contributed by atoms with Crippen molar-refractivity contribution in [1.82, 2.24) is 4.98 Å². The minimum absolute atomic E-state index is 0.0877. The largest absolute Gasteiger partial charge is 0.358 e. The highest BCUT2D eigenvalue weighted by atomic mass is 16.1. The van der Waals surface area contributed by atoms with Crippen LogP contribution in [0.25, 0.3) is 0 Å². The van der Waals surface area contributed by atoms with Crippen LogP contribution in [-0.4, -0.2) is 24.4 Å². The molecule has 0 bridgehead atoms. The van der Waals surface area contributed by atoms with E-state index in [2.05, 4.69) is 16.0 Å². The molecule has 3 rings (SSSR count). The highest BCUT2D eigenvalue weighted by Gasteiger charge is 2.21. The van der Waals surface area contributed by atoms with Crippen molar-refractivity contribution in [2.45, 2.75) is 38.5 Å². The van der Waals surface area contributed by atoms with E-state index in [-0.39, 0.29) is 11.5 Å². The number of aromatic amines is 1. The van der Waals surface area contributed by atoms with E-state index >= 15 is 0 Å². The lowest BCUT2D eigenvalue weighted by Crippen LogP contribution is -2.36. The lowest BCUT2D eigenvalue weighted by molar-refractivity contribution is -0.111. The lowest BCUT2D eigenvalue weighted by atomic mass is 9.92. The number of hydrogen-bond acceptors (Lipinski definition) is 3. The fourth-order valence-corrected chi connectivity index (χ4v) is 3.19. The van der Waals surface area contributed by atoms with Crippen LogP contribution in [0.3, 0.4) is 0 Å². The van der Waals surface area contributed by atoms with Crippen molar-refractivity contribution in [3.8, 4) is 0 Å². The van der Waals surface area contributed by atoms with Crippen LogP contribution in [0.5, 0.6) is 0 Å². The highest BCUT2D eigenvalue weighted by molar-refractivity contribution is 5.55. The second kappa shape index (κ2) is 5.19. The zero-order valence-corrected chi connectivity index (χ0v) is 11.2. The second-order valence-corrected chi connectivity index (χ2v) is 5.66. The molecule has 1 aromatic rings. The van der Waals surface area contributed by atoms with Gasteiger partial charge in [-0.2, -0.15) is 0 Å². The predicted octanol–water partition coefficient (Wildman–Crippen LogP) is 1.67. The molecule has 0 radical (unpaired) electrons. The van der Waals surface area contributed by atoms with Gasteiger partial charge in [0.2, 0.25) is 0 Å². The molecule has 1 aromatic heterocycles. The maximum Gasteiger partial charge on any atom is 0.252 e. The third-order valence-corrected chi connectivity index (χ3v) is 4.41. The molecule has 0 spiro atoms. The van der Waals surface area contributed by atoms with Gasteiger partial charge in [0.15, 0.2) is 0 Å². The Morgan fingerprint density at radius 1 is 1.21 bits per heavy atom. The molecule has 1 saturated heterocycles. The van der Waals surface area contributed by atoms with Gasteiger partial charge in [0.05, 0.1) is 0 Å². The van der Waals surface area contributed by atoms with Gasteiger partial charge >= 0.3 is 0 Å². The molecule has 0 saturated carbocycles. The number of H-pyrrole nitrogens is 1. The summed E-state index contributed by atoms with van der Waals surface area (Å²) in [6.45, 7) is 1.72. The fraction of sp³-hybridized carbons (Fsp3) is 0.600. The van der Waals surface area contributed by atoms with Gasteiger partial charge in [0, 0.05) is 24.6 Å². The van der Waals surface area contributed by atoms with E-state index in [0.29, 0.717) is 0 Å². The monoisotopic (exact) mass is 260 g/mol. The summed E-state index contributed by atoms with van der Waals surface area (Å²) in [6.07, 6.45) is 7.09. The first kappa shape index (κ1) is 12.5. The van der Waals surface area contributed by atoms with Gasteiger partial charge in [0.25, 0.3) is 5.56 Å². The van der Waals surface area contributed by atoms with Gasteiger partial charge in [-0.15, -0.1) is 0 Å². The normalized spacial score (nSPS) is 20.1. The Labute approximate surface area is 112 Å². The first-order valence-corrected chi connectivity index (χ1v) is 7.23. The summed E-state index contributed by atoms with van der Waals surface area (Å²) in [5.41, 5.74) is 2.30. The maximum absolute atomic E-state index is 12.1. The first-order valence-electron chi connectivity index (χ1n) is 7.23. The Morgan fingerprint density at radius 2 is 1.95 bits per heavy atom. The Balaban J connectivity index is 1.84. The van der Waals surface area contributed by atoms with Crippen LogP contribution in [0, 0.1) is 5.92 Å². The van der Waals surface area contributed by atoms with E-state index < -0.39 is 0 Å². The number of aryl methyl sites for hydroxylation is 1. The number of pyridine rings is 1. The minimum atomic E-state index is 0.0877. The van der Waals surface area contributed by atoms with Crippen molar-refractivity contribution < 1.29 is 4.79 Å². The van der Waals surface area contributed by atoms with Gasteiger partial charge < -0.3 is 14.7 Å². The summed E-state index contributed by atoms with van der Waals surface area (Å²) < 4.78 is 0. The molecule has 19 heavy (non-hydrogen) atoms. The number of fused-ring (bicyclic) bond motifs is 1. The second-order valence-electron chi connectivity index (χ2n) is 5.66. The van der Waals surface area contributed by atoms with Gasteiger partial charge in [-0.25, -0.2) is 0 Å². The molecule has 2 heterocycles. The molecule has 102 valence electrons. The van der Waals surface area contributed by atoms with E-state index in [0.717, 1.165) is 62.9 Å². The van der Waals surface area contributed by atoms with E-state index in [1.54, 1.807) is 0 Å². The number of carbonyl (C=O) groups is 1. The number of hydrogen-bond donors (Lipinski definition) is 1. The van der Waals surface area contributed by atoms with Crippen LogP contribution in [0.4, 0.5) is 5.82 Å². The van der Waals surface area contributed by atoms with Crippen molar-refractivity contribution in [2.24, 2.45) is 5.92 Å². The minimum Gasteiger partial charge on any atom is -0.358 e. The number of aromatic nitrogens is 1. The summed E-state index contributed by atoms with van der Waals surface area (Å²) in [5.74, 6) is 1.13. The Kier molecular flexibility index (Phi) is 3.40. The number of anilines is 1. The predicted molar refractivity (Wildman–Crippen MR) is 74.7 cm³/mol. The van der Waals surface area contributed by atoms with Crippen LogP contribution in [0.2, 0.25) is 0 Å². The summed E-state index contributed by atoms with van der Waals surface area (Å²) in [5, 5.41) is 0. The standard InChI is InChI=1S/C15H20N2O2/c18-10-11-5-7-17(8-6-11)14-9-12-3-1-2-4-13(12)15(19)16-14/h9-11H,1-8H2,(H,16,19). The molecule has 4 heteroatoms. The van der Waals surface area contributed by atoms with Crippen molar-refractivity contribution in [3.05, 3.63) is 27.5 Å². The number of rotatable bonds is 2. The molecule has 1 aliphatic carbocycles. The third kappa shape index (κ3) is 2.44. The van der Waals surface area contributed by atoms with Crippen molar-refractivity contribution in [3.63, 3.8) is 0 Å². The quantitative estimate of drug-likeness (QED) is 0.823. The number of nitrogens with one attached hydrogen (secondary N) is 1. The summed E-state index contributed by atoms with van der Waals surface area (Å²) >= 11 is 0. The van der Waals surface area contributed by atoms with Crippen LogP contribution >= 0.6 is 0 Å². The van der Waals surface area contributed by atoms with E-state index in [1.807, 2.05) is 0 Å². The fourth-order valence-electron chi connectivity index (χ4n) is 3.19. The van der Waals surface area contributed by atoms with Gasteiger partial charge in [-0.05, 0) is 50.2 Å². The smallest absolute Gasteiger partial charge is 0.252 e. The van der Waals surface area contributed by atoms with Crippen molar-refractivity contribution in [1.29, 1.82) is 0 Å². The summed E-state index contributed by atoms with van der Waals surface area (Å²) in [7, 11) is 0. The molecule has 0 atom stereocenters. The SMILES string of the molecule is O=CC1CCN(c2cc3c(c(=O)[nH]2)CCCC3)CC1. The van der Waals surface area contributed by atoms with Crippen molar-refractivity contribution >= 4 is 12.1 Å². The molecule has 0 amide bonds. The molecule has 1 N–H and O–H groups in total. The topological polar surface area (TPSA) is 53.2 Å². The lowest BCUT2D eigenvalue weighted by Gasteiger charge is -2.31. The van der Waals surface area contributed by atoms with E-state index in [1.165, 1.54) is 12.0 Å². The Bertz CT molecular complexity index is 527. The van der Waals surface area contributed by atoms with Crippen LogP contribution in [-0.2, 0) is 17.6 Å². The zero-order valence-electron chi connectivity index (χ0n) is 11.2. The highest BCUT2D eigenvalue weighted by Crippen LogP contribution is 2.24. The molecule has 1 aliphatic heterocycles. The van der Waals surface area contributed by atoms with Crippen LogP contribution in [0.15, 0.2) is 10.9 Å². The van der Waals surface area contributed by atoms with Crippen LogP contribution < -0.4 is 10.5 Å².